The zero-order valence-electron chi connectivity index (χ0n) is 17.7. The lowest BCUT2D eigenvalue weighted by Gasteiger charge is -2.38. The van der Waals surface area contributed by atoms with Crippen molar-refractivity contribution in [2.45, 2.75) is 26.3 Å². The summed E-state index contributed by atoms with van der Waals surface area (Å²) in [6.45, 7) is 8.68. The van der Waals surface area contributed by atoms with Crippen molar-refractivity contribution in [1.82, 2.24) is 15.1 Å². The Morgan fingerprint density at radius 1 is 1.03 bits per heavy atom. The van der Waals surface area contributed by atoms with E-state index in [0.29, 0.717) is 13.0 Å². The van der Waals surface area contributed by atoms with E-state index in [4.69, 9.17) is 0 Å². The number of piperazine rings is 1. The van der Waals surface area contributed by atoms with Gasteiger partial charge in [-0.05, 0) is 43.7 Å². The Hall–Kier alpha value is -2.24. The van der Waals surface area contributed by atoms with Crippen LogP contribution in [0.15, 0.2) is 48.5 Å². The normalized spacial score (nSPS) is 17.7. The van der Waals surface area contributed by atoms with Crippen molar-refractivity contribution in [2.24, 2.45) is 5.92 Å². The van der Waals surface area contributed by atoms with Crippen LogP contribution in [-0.2, 0) is 11.2 Å². The molecule has 0 bridgehead atoms. The third-order valence-electron chi connectivity index (χ3n) is 5.81. The summed E-state index contributed by atoms with van der Waals surface area (Å²) in [5.74, 6) is -0.369. The zero-order valence-corrected chi connectivity index (χ0v) is 17.7. The molecule has 1 aliphatic heterocycles. The minimum absolute atomic E-state index is 0.0422. The number of nitrogens with zero attached hydrogens (tertiary/aromatic N) is 2. The first-order valence-electron chi connectivity index (χ1n) is 10.4. The van der Waals surface area contributed by atoms with Crippen molar-refractivity contribution >= 4 is 5.91 Å². The molecule has 156 valence electrons. The summed E-state index contributed by atoms with van der Waals surface area (Å²) in [6.07, 6.45) is 0.607. The lowest BCUT2D eigenvalue weighted by atomic mass is 9.99. The molecule has 0 radical (unpaired) electrons. The Morgan fingerprint density at radius 3 is 2.28 bits per heavy atom. The van der Waals surface area contributed by atoms with Gasteiger partial charge >= 0.3 is 0 Å². The third kappa shape index (κ3) is 6.12. The highest BCUT2D eigenvalue weighted by molar-refractivity contribution is 5.78. The Kier molecular flexibility index (Phi) is 7.40. The topological polar surface area (TPSA) is 35.6 Å². The minimum Gasteiger partial charge on any atom is -0.354 e. The first-order valence-corrected chi connectivity index (χ1v) is 10.4. The molecule has 1 saturated heterocycles. The third-order valence-corrected chi connectivity index (χ3v) is 5.81. The van der Waals surface area contributed by atoms with Gasteiger partial charge in [-0.1, -0.05) is 48.9 Å². The van der Waals surface area contributed by atoms with Crippen LogP contribution in [0.25, 0.3) is 0 Å². The molecule has 29 heavy (non-hydrogen) atoms. The molecule has 2 unspecified atom stereocenters. The van der Waals surface area contributed by atoms with Gasteiger partial charge in [-0.3, -0.25) is 9.69 Å². The van der Waals surface area contributed by atoms with E-state index in [1.165, 1.54) is 23.3 Å². The zero-order chi connectivity index (χ0) is 20.8. The highest BCUT2D eigenvalue weighted by Gasteiger charge is 2.25. The Balaban J connectivity index is 1.63. The fourth-order valence-corrected chi connectivity index (χ4v) is 3.82. The summed E-state index contributed by atoms with van der Waals surface area (Å²) in [7, 11) is 2.15. The number of hydrogen-bond acceptors (Lipinski definition) is 3. The number of carbonyl (C=O) groups is 1. The van der Waals surface area contributed by atoms with E-state index in [1.807, 2.05) is 6.92 Å². The summed E-state index contributed by atoms with van der Waals surface area (Å²) in [4.78, 5) is 17.5. The highest BCUT2D eigenvalue weighted by atomic mass is 19.1. The van der Waals surface area contributed by atoms with Gasteiger partial charge < -0.3 is 10.2 Å². The second-order valence-electron chi connectivity index (χ2n) is 8.24. The second-order valence-corrected chi connectivity index (χ2v) is 8.24. The van der Waals surface area contributed by atoms with Gasteiger partial charge in [0.15, 0.2) is 0 Å². The van der Waals surface area contributed by atoms with Gasteiger partial charge in [0.25, 0.3) is 0 Å². The maximum atomic E-state index is 13.1. The van der Waals surface area contributed by atoms with Crippen LogP contribution in [0.4, 0.5) is 4.39 Å². The molecule has 2 atom stereocenters. The van der Waals surface area contributed by atoms with E-state index in [-0.39, 0.29) is 23.7 Å². The lowest BCUT2D eigenvalue weighted by Crippen LogP contribution is -2.49. The smallest absolute Gasteiger partial charge is 0.223 e. The van der Waals surface area contributed by atoms with E-state index in [9.17, 15) is 9.18 Å². The molecule has 0 aromatic heterocycles. The van der Waals surface area contributed by atoms with Crippen LogP contribution >= 0.6 is 0 Å². The fourth-order valence-electron chi connectivity index (χ4n) is 3.82. The number of rotatable bonds is 7. The largest absolute Gasteiger partial charge is 0.354 e. The SMILES string of the molecule is Cc1ccc(C(CNC(=O)C(C)Cc2ccc(F)cc2)N2CCN(C)CC2)cc1. The molecule has 0 saturated carbocycles. The molecular formula is C24H32FN3O. The number of likely N-dealkylation sites (N-methyl/N-ethyl adjacent to an activating group) is 1. The standard InChI is InChI=1S/C24H32FN3O/c1-18-4-8-21(9-5-18)23(28-14-12-27(3)13-15-28)17-26-24(29)19(2)16-20-6-10-22(25)11-7-20/h4-11,19,23H,12-17H2,1-3H3,(H,26,29). The van der Waals surface area contributed by atoms with Gasteiger partial charge in [0, 0.05) is 38.6 Å². The van der Waals surface area contributed by atoms with E-state index >= 15 is 0 Å². The molecule has 1 fully saturated rings. The highest BCUT2D eigenvalue weighted by Crippen LogP contribution is 2.22. The predicted molar refractivity (Wildman–Crippen MR) is 115 cm³/mol. The van der Waals surface area contributed by atoms with Crippen molar-refractivity contribution in [3.05, 3.63) is 71.0 Å². The van der Waals surface area contributed by atoms with E-state index in [2.05, 4.69) is 53.4 Å². The van der Waals surface area contributed by atoms with Gasteiger partial charge in [0.2, 0.25) is 5.91 Å². The molecular weight excluding hydrogens is 365 g/mol. The van der Waals surface area contributed by atoms with Gasteiger partial charge in [0.1, 0.15) is 5.82 Å². The Labute approximate surface area is 173 Å². The molecule has 2 aromatic rings. The Morgan fingerprint density at radius 2 is 1.66 bits per heavy atom. The Bertz CT molecular complexity index is 783. The predicted octanol–water partition coefficient (Wildman–Crippen LogP) is 3.42. The number of aryl methyl sites for hydroxylation is 1. The van der Waals surface area contributed by atoms with Crippen LogP contribution in [-0.4, -0.2) is 55.5 Å². The summed E-state index contributed by atoms with van der Waals surface area (Å²) in [5.41, 5.74) is 3.46. The van der Waals surface area contributed by atoms with Gasteiger partial charge in [0.05, 0.1) is 6.04 Å². The van der Waals surface area contributed by atoms with Gasteiger partial charge in [-0.25, -0.2) is 4.39 Å². The molecule has 1 amide bonds. The summed E-state index contributed by atoms with van der Waals surface area (Å²) >= 11 is 0. The lowest BCUT2D eigenvalue weighted by molar-refractivity contribution is -0.124. The number of halogens is 1. The molecule has 5 heteroatoms. The van der Waals surface area contributed by atoms with Crippen LogP contribution in [0.1, 0.15) is 29.7 Å². The second kappa shape index (κ2) is 9.99. The van der Waals surface area contributed by atoms with Crippen LogP contribution < -0.4 is 5.32 Å². The molecule has 3 rings (SSSR count). The maximum absolute atomic E-state index is 13.1. The van der Waals surface area contributed by atoms with Crippen LogP contribution in [0.2, 0.25) is 0 Å². The monoisotopic (exact) mass is 397 g/mol. The van der Waals surface area contributed by atoms with Crippen molar-refractivity contribution in [2.75, 3.05) is 39.8 Å². The van der Waals surface area contributed by atoms with Crippen molar-refractivity contribution < 1.29 is 9.18 Å². The summed E-state index contributed by atoms with van der Waals surface area (Å²) < 4.78 is 13.1. The minimum atomic E-state index is -0.251. The van der Waals surface area contributed by atoms with Crippen molar-refractivity contribution in [1.29, 1.82) is 0 Å². The van der Waals surface area contributed by atoms with E-state index in [0.717, 1.165) is 31.7 Å². The molecule has 0 spiro atoms. The molecule has 1 heterocycles. The molecule has 2 aromatic carbocycles. The molecule has 4 nitrogen and oxygen atoms in total. The quantitative estimate of drug-likeness (QED) is 0.778. The number of benzene rings is 2. The number of hydrogen-bond donors (Lipinski definition) is 1. The molecule has 0 aliphatic carbocycles. The number of nitrogens with one attached hydrogen (secondary N) is 1. The van der Waals surface area contributed by atoms with Crippen LogP contribution in [0.3, 0.4) is 0 Å². The molecule has 1 aliphatic rings. The molecule has 1 N–H and O–H groups in total. The number of amides is 1. The number of carbonyl (C=O) groups excluding carboxylic acids is 1. The fraction of sp³-hybridized carbons (Fsp3) is 0.458. The van der Waals surface area contributed by atoms with Crippen LogP contribution in [0, 0.1) is 18.7 Å². The maximum Gasteiger partial charge on any atom is 0.223 e. The first-order chi connectivity index (χ1) is 13.9. The van der Waals surface area contributed by atoms with E-state index < -0.39 is 0 Å². The van der Waals surface area contributed by atoms with E-state index in [1.54, 1.807) is 12.1 Å². The van der Waals surface area contributed by atoms with Gasteiger partial charge in [-0.15, -0.1) is 0 Å². The average molecular weight is 398 g/mol. The summed E-state index contributed by atoms with van der Waals surface area (Å²) in [6, 6.07) is 15.2. The average Bonchev–Trinajstić information content (AvgIpc) is 2.72. The first kappa shape index (κ1) is 21.5. The van der Waals surface area contributed by atoms with Crippen molar-refractivity contribution in [3.63, 3.8) is 0 Å². The van der Waals surface area contributed by atoms with Crippen molar-refractivity contribution in [3.8, 4) is 0 Å². The van der Waals surface area contributed by atoms with Gasteiger partial charge in [-0.2, -0.15) is 0 Å². The van der Waals surface area contributed by atoms with Crippen LogP contribution in [0.5, 0.6) is 0 Å². The summed E-state index contributed by atoms with van der Waals surface area (Å²) in [5, 5.41) is 3.17.